The number of hydrogen-bond donors (Lipinski definition) is 2. The van der Waals surface area contributed by atoms with E-state index in [4.69, 9.17) is 0 Å². The number of carbonyl (C=O) groups is 2. The van der Waals surface area contributed by atoms with Gasteiger partial charge in [0, 0.05) is 5.69 Å². The van der Waals surface area contributed by atoms with Gasteiger partial charge in [-0.3, -0.25) is 9.59 Å². The van der Waals surface area contributed by atoms with Gasteiger partial charge in [0.05, 0.1) is 16.2 Å². The number of benzene rings is 2. The van der Waals surface area contributed by atoms with E-state index in [1.54, 1.807) is 20.8 Å². The number of halogens is 1. The van der Waals surface area contributed by atoms with E-state index in [2.05, 4.69) is 10.6 Å². The molecule has 2 aromatic carbocycles. The Kier molecular flexibility index (Phi) is 6.90. The molecule has 0 radical (unpaired) electrons. The molecule has 2 rings (SSSR count). The van der Waals surface area contributed by atoms with Gasteiger partial charge in [-0.05, 0) is 42.3 Å². The molecule has 0 aliphatic rings. The van der Waals surface area contributed by atoms with Crippen molar-refractivity contribution in [3.8, 4) is 0 Å². The lowest BCUT2D eigenvalue weighted by Crippen LogP contribution is -2.47. The number of carbonyl (C=O) groups excluding carboxylic acids is 2. The second-order valence-corrected chi connectivity index (χ2v) is 8.87. The predicted molar refractivity (Wildman–Crippen MR) is 105 cm³/mol. The maximum atomic E-state index is 13.8. The predicted octanol–water partition coefficient (Wildman–Crippen LogP) is 3.01. The van der Waals surface area contributed by atoms with Gasteiger partial charge in [-0.2, -0.15) is 0 Å². The fraction of sp³-hybridized carbons (Fsp3) is 0.300. The number of rotatable bonds is 7. The van der Waals surface area contributed by atoms with Gasteiger partial charge in [-0.25, -0.2) is 12.8 Å². The molecule has 2 amide bonds. The molecular formula is C20H23FN2O4S. The molecule has 1 atom stereocenters. The number of amides is 2. The first-order chi connectivity index (χ1) is 13.2. The second kappa shape index (κ2) is 8.97. The zero-order valence-electron chi connectivity index (χ0n) is 15.9. The van der Waals surface area contributed by atoms with Crippen molar-refractivity contribution in [2.45, 2.75) is 31.7 Å². The maximum Gasteiger partial charge on any atom is 0.254 e. The van der Waals surface area contributed by atoms with Gasteiger partial charge in [0.15, 0.2) is 9.84 Å². The molecule has 0 fully saturated rings. The topological polar surface area (TPSA) is 92.3 Å². The van der Waals surface area contributed by atoms with Crippen LogP contribution in [0, 0.1) is 11.7 Å². The molecule has 0 aliphatic carbocycles. The average molecular weight is 406 g/mol. The fourth-order valence-corrected chi connectivity index (χ4v) is 3.42. The molecule has 28 heavy (non-hydrogen) atoms. The summed E-state index contributed by atoms with van der Waals surface area (Å²) >= 11 is 0. The van der Waals surface area contributed by atoms with Gasteiger partial charge < -0.3 is 10.6 Å². The van der Waals surface area contributed by atoms with E-state index in [-0.39, 0.29) is 22.1 Å². The van der Waals surface area contributed by atoms with Crippen LogP contribution in [0.3, 0.4) is 0 Å². The Bertz CT molecular complexity index is 956. The number of sulfone groups is 1. The minimum Gasteiger partial charge on any atom is -0.340 e. The van der Waals surface area contributed by atoms with Crippen molar-refractivity contribution in [3.63, 3.8) is 0 Å². The molecule has 0 spiro atoms. The molecule has 6 nitrogen and oxygen atoms in total. The van der Waals surface area contributed by atoms with Crippen molar-refractivity contribution in [1.29, 1.82) is 0 Å². The van der Waals surface area contributed by atoms with Gasteiger partial charge >= 0.3 is 0 Å². The lowest BCUT2D eigenvalue weighted by Gasteiger charge is -2.22. The van der Waals surface area contributed by atoms with E-state index >= 15 is 0 Å². The van der Waals surface area contributed by atoms with Crippen LogP contribution in [0.2, 0.25) is 0 Å². The minimum atomic E-state index is -3.33. The fourth-order valence-electron chi connectivity index (χ4n) is 2.53. The summed E-state index contributed by atoms with van der Waals surface area (Å²) in [4.78, 5) is 25.1. The van der Waals surface area contributed by atoms with Crippen LogP contribution in [-0.4, -0.2) is 32.0 Å². The third kappa shape index (κ3) is 5.16. The molecule has 2 aromatic rings. The Balaban J connectivity index is 2.13. The summed E-state index contributed by atoms with van der Waals surface area (Å²) in [5, 5.41) is 5.20. The summed E-state index contributed by atoms with van der Waals surface area (Å²) in [6.45, 7) is 5.06. The van der Waals surface area contributed by atoms with Crippen molar-refractivity contribution < 1.29 is 22.4 Å². The van der Waals surface area contributed by atoms with Gasteiger partial charge in [-0.15, -0.1) is 0 Å². The zero-order chi connectivity index (χ0) is 20.9. The Morgan fingerprint density at radius 1 is 1.04 bits per heavy atom. The van der Waals surface area contributed by atoms with Crippen LogP contribution >= 0.6 is 0 Å². The first kappa shape index (κ1) is 21.6. The van der Waals surface area contributed by atoms with E-state index in [9.17, 15) is 22.4 Å². The van der Waals surface area contributed by atoms with Crippen molar-refractivity contribution in [2.75, 3.05) is 11.1 Å². The second-order valence-electron chi connectivity index (χ2n) is 6.59. The smallest absolute Gasteiger partial charge is 0.254 e. The molecule has 2 N–H and O–H groups in total. The van der Waals surface area contributed by atoms with Crippen LogP contribution in [0.1, 0.15) is 31.1 Å². The third-order valence-corrected chi connectivity index (χ3v) is 5.97. The average Bonchev–Trinajstić information content (AvgIpc) is 2.66. The van der Waals surface area contributed by atoms with E-state index in [0.717, 1.165) is 0 Å². The van der Waals surface area contributed by atoms with E-state index in [1.165, 1.54) is 48.5 Å². The Morgan fingerprint density at radius 2 is 1.64 bits per heavy atom. The lowest BCUT2D eigenvalue weighted by atomic mass is 10.0. The highest BCUT2D eigenvalue weighted by molar-refractivity contribution is 7.91. The van der Waals surface area contributed by atoms with Gasteiger partial charge in [0.25, 0.3) is 5.91 Å². The highest BCUT2D eigenvalue weighted by atomic mass is 32.2. The van der Waals surface area contributed by atoms with Gasteiger partial charge in [0.1, 0.15) is 11.9 Å². The Hall–Kier alpha value is -2.74. The van der Waals surface area contributed by atoms with E-state index in [0.29, 0.717) is 5.69 Å². The van der Waals surface area contributed by atoms with Gasteiger partial charge in [-0.1, -0.05) is 32.9 Å². The zero-order valence-corrected chi connectivity index (χ0v) is 16.7. The van der Waals surface area contributed by atoms with Crippen molar-refractivity contribution in [2.24, 2.45) is 5.92 Å². The molecule has 150 valence electrons. The largest absolute Gasteiger partial charge is 0.340 e. The number of nitrogens with one attached hydrogen (secondary N) is 2. The molecule has 0 aromatic heterocycles. The van der Waals surface area contributed by atoms with Crippen LogP contribution in [-0.2, 0) is 14.6 Å². The van der Waals surface area contributed by atoms with Crippen molar-refractivity contribution in [1.82, 2.24) is 5.32 Å². The molecule has 8 heteroatoms. The highest BCUT2D eigenvalue weighted by Gasteiger charge is 2.26. The normalized spacial score (nSPS) is 12.5. The molecule has 0 bridgehead atoms. The lowest BCUT2D eigenvalue weighted by molar-refractivity contribution is -0.118. The van der Waals surface area contributed by atoms with Crippen molar-refractivity contribution in [3.05, 3.63) is 59.9 Å². The summed E-state index contributed by atoms with van der Waals surface area (Å²) in [5.74, 6) is -2.11. The van der Waals surface area contributed by atoms with Crippen LogP contribution in [0.5, 0.6) is 0 Å². The van der Waals surface area contributed by atoms with E-state index < -0.39 is 33.5 Å². The first-order valence-electron chi connectivity index (χ1n) is 8.84. The quantitative estimate of drug-likeness (QED) is 0.739. The number of anilines is 1. The van der Waals surface area contributed by atoms with E-state index in [1.807, 2.05) is 0 Å². The summed E-state index contributed by atoms with van der Waals surface area (Å²) in [5.41, 5.74) is 0.251. The minimum absolute atomic E-state index is 0.0177. The Labute approximate surface area is 164 Å². The molecule has 1 unspecified atom stereocenters. The summed E-state index contributed by atoms with van der Waals surface area (Å²) in [7, 11) is -3.33. The molecule has 0 saturated heterocycles. The monoisotopic (exact) mass is 406 g/mol. The van der Waals surface area contributed by atoms with Crippen molar-refractivity contribution >= 4 is 27.3 Å². The van der Waals surface area contributed by atoms with Crippen LogP contribution in [0.25, 0.3) is 0 Å². The molecule has 0 heterocycles. The first-order valence-corrected chi connectivity index (χ1v) is 10.5. The van der Waals surface area contributed by atoms with Crippen LogP contribution < -0.4 is 10.6 Å². The number of hydrogen-bond acceptors (Lipinski definition) is 4. The molecule has 0 saturated carbocycles. The van der Waals surface area contributed by atoms with Gasteiger partial charge in [0.2, 0.25) is 5.91 Å². The highest BCUT2D eigenvalue weighted by Crippen LogP contribution is 2.16. The maximum absolute atomic E-state index is 13.8. The van der Waals surface area contributed by atoms with Crippen LogP contribution in [0.4, 0.5) is 10.1 Å². The molecule has 0 aliphatic heterocycles. The summed E-state index contributed by atoms with van der Waals surface area (Å²) < 4.78 is 37.5. The van der Waals surface area contributed by atoms with Crippen LogP contribution in [0.15, 0.2) is 53.4 Å². The third-order valence-electron chi connectivity index (χ3n) is 4.22. The SMILES string of the molecule is CCS(=O)(=O)c1ccc(NC(=O)C(NC(=O)c2ccccc2F)C(C)C)cc1. The summed E-state index contributed by atoms with van der Waals surface area (Å²) in [6.07, 6.45) is 0. The summed E-state index contributed by atoms with van der Waals surface area (Å²) in [6, 6.07) is 10.4. The standard InChI is InChI=1S/C20H23FN2O4S/c1-4-28(26,27)15-11-9-14(10-12-15)22-20(25)18(13(2)3)23-19(24)16-7-5-6-8-17(16)21/h5-13,18H,4H2,1-3H3,(H,22,25)(H,23,24). The Morgan fingerprint density at radius 3 is 2.18 bits per heavy atom. The molecular weight excluding hydrogens is 383 g/mol.